The summed E-state index contributed by atoms with van der Waals surface area (Å²) in [6.07, 6.45) is -4.83. The van der Waals surface area contributed by atoms with E-state index in [4.69, 9.17) is 10.00 Å². The molecule has 0 saturated heterocycles. The lowest BCUT2D eigenvalue weighted by Crippen LogP contribution is -2.13. The molecule has 1 aromatic rings. The van der Waals surface area contributed by atoms with E-state index in [1.54, 1.807) is 13.0 Å². The summed E-state index contributed by atoms with van der Waals surface area (Å²) in [5, 5.41) is 8.75. The van der Waals surface area contributed by atoms with Crippen LogP contribution in [0, 0.1) is 18.3 Å². The maximum Gasteiger partial charge on any atom is 0.416 e. The van der Waals surface area contributed by atoms with Gasteiger partial charge in [0, 0.05) is 0 Å². The van der Waals surface area contributed by atoms with Crippen molar-refractivity contribution in [2.75, 3.05) is 6.61 Å². The number of esters is 1. The highest BCUT2D eigenvalue weighted by Crippen LogP contribution is 2.34. The molecule has 102 valence electrons. The van der Waals surface area contributed by atoms with Crippen molar-refractivity contribution in [3.63, 3.8) is 0 Å². The Morgan fingerprint density at radius 2 is 2.05 bits per heavy atom. The average molecular weight is 271 g/mol. The lowest BCUT2D eigenvalue weighted by atomic mass is 9.96. The topological polar surface area (TPSA) is 50.1 Å². The Morgan fingerprint density at radius 1 is 1.42 bits per heavy atom. The highest BCUT2D eigenvalue weighted by atomic mass is 19.4. The standard InChI is InChI=1S/C13H12F3NO2/c1-3-19-12(18)6-10-4-9(7-17)5-11(8(10)2)13(14,15)16/h4-5H,3,6H2,1-2H3. The van der Waals surface area contributed by atoms with Gasteiger partial charge in [-0.2, -0.15) is 18.4 Å². The Hall–Kier alpha value is -2.03. The molecular formula is C13H12F3NO2. The predicted octanol–water partition coefficient (Wildman–Crippen LogP) is 2.99. The highest BCUT2D eigenvalue weighted by Gasteiger charge is 2.33. The van der Waals surface area contributed by atoms with Gasteiger partial charge in [-0.05, 0) is 37.1 Å². The second kappa shape index (κ2) is 5.74. The van der Waals surface area contributed by atoms with Crippen molar-refractivity contribution in [3.05, 3.63) is 34.4 Å². The number of carbonyl (C=O) groups is 1. The van der Waals surface area contributed by atoms with Gasteiger partial charge in [-0.3, -0.25) is 4.79 Å². The molecule has 0 N–H and O–H groups in total. The fourth-order valence-corrected chi connectivity index (χ4v) is 1.68. The van der Waals surface area contributed by atoms with Gasteiger partial charge in [0.2, 0.25) is 0 Å². The van der Waals surface area contributed by atoms with Gasteiger partial charge in [-0.25, -0.2) is 0 Å². The Morgan fingerprint density at radius 3 is 2.53 bits per heavy atom. The first-order valence-corrected chi connectivity index (χ1v) is 5.56. The molecule has 0 bridgehead atoms. The number of nitriles is 1. The molecule has 0 aliphatic rings. The van der Waals surface area contributed by atoms with Crippen molar-refractivity contribution in [2.24, 2.45) is 0 Å². The average Bonchev–Trinajstić information content (AvgIpc) is 2.30. The molecule has 0 spiro atoms. The van der Waals surface area contributed by atoms with E-state index < -0.39 is 17.7 Å². The summed E-state index contributed by atoms with van der Waals surface area (Å²) in [6.45, 7) is 3.04. The Balaban J connectivity index is 3.25. The Kier molecular flexibility index (Phi) is 4.54. The first-order chi connectivity index (χ1) is 8.79. The van der Waals surface area contributed by atoms with Crippen LogP contribution in [0.5, 0.6) is 0 Å². The second-order valence-corrected chi connectivity index (χ2v) is 3.90. The summed E-state index contributed by atoms with van der Waals surface area (Å²) in [4.78, 5) is 11.3. The molecule has 1 rings (SSSR count). The summed E-state index contributed by atoms with van der Waals surface area (Å²) < 4.78 is 43.1. The monoisotopic (exact) mass is 271 g/mol. The normalized spacial score (nSPS) is 10.9. The molecule has 0 aliphatic carbocycles. The lowest BCUT2D eigenvalue weighted by Gasteiger charge is -2.14. The number of rotatable bonds is 3. The smallest absolute Gasteiger partial charge is 0.416 e. The molecule has 0 aliphatic heterocycles. The zero-order valence-electron chi connectivity index (χ0n) is 10.5. The van der Waals surface area contributed by atoms with Gasteiger partial charge in [0.15, 0.2) is 0 Å². The highest BCUT2D eigenvalue weighted by molar-refractivity contribution is 5.73. The number of nitrogens with zero attached hydrogens (tertiary/aromatic N) is 1. The molecule has 0 atom stereocenters. The maximum atomic E-state index is 12.8. The zero-order chi connectivity index (χ0) is 14.6. The van der Waals surface area contributed by atoms with Crippen molar-refractivity contribution in [3.8, 4) is 6.07 Å². The second-order valence-electron chi connectivity index (χ2n) is 3.90. The first-order valence-electron chi connectivity index (χ1n) is 5.56. The minimum Gasteiger partial charge on any atom is -0.466 e. The maximum absolute atomic E-state index is 12.8. The lowest BCUT2D eigenvalue weighted by molar-refractivity contribution is -0.143. The van der Waals surface area contributed by atoms with Crippen molar-refractivity contribution < 1.29 is 22.7 Å². The van der Waals surface area contributed by atoms with Gasteiger partial charge >= 0.3 is 12.1 Å². The Labute approximate surface area is 108 Å². The molecule has 1 aromatic carbocycles. The van der Waals surface area contributed by atoms with Crippen molar-refractivity contribution in [1.29, 1.82) is 5.26 Å². The third-order valence-electron chi connectivity index (χ3n) is 2.59. The summed E-state index contributed by atoms with van der Waals surface area (Å²) in [7, 11) is 0. The van der Waals surface area contributed by atoms with E-state index in [1.807, 2.05) is 0 Å². The predicted molar refractivity (Wildman–Crippen MR) is 61.2 cm³/mol. The van der Waals surface area contributed by atoms with Crippen molar-refractivity contribution in [1.82, 2.24) is 0 Å². The minimum absolute atomic E-state index is 0.0560. The number of alkyl halides is 3. The number of halogens is 3. The van der Waals surface area contributed by atoms with Gasteiger partial charge in [0.1, 0.15) is 0 Å². The number of carbonyl (C=O) groups excluding carboxylic acids is 1. The van der Waals surface area contributed by atoms with Crippen LogP contribution in [0.3, 0.4) is 0 Å². The minimum atomic E-state index is -4.56. The van der Waals surface area contributed by atoms with Crippen LogP contribution in [-0.4, -0.2) is 12.6 Å². The molecule has 0 amide bonds. The fraction of sp³-hybridized carbons (Fsp3) is 0.385. The van der Waals surface area contributed by atoms with Gasteiger partial charge in [-0.1, -0.05) is 0 Å². The summed E-state index contributed by atoms with van der Waals surface area (Å²) in [6, 6.07) is 3.72. The molecule has 0 unspecified atom stereocenters. The van der Waals surface area contributed by atoms with Crippen LogP contribution in [0.2, 0.25) is 0 Å². The van der Waals surface area contributed by atoms with E-state index in [-0.39, 0.29) is 29.7 Å². The largest absolute Gasteiger partial charge is 0.466 e. The van der Waals surface area contributed by atoms with E-state index >= 15 is 0 Å². The summed E-state index contributed by atoms with van der Waals surface area (Å²) in [5.74, 6) is -0.617. The van der Waals surface area contributed by atoms with Crippen LogP contribution in [0.1, 0.15) is 29.2 Å². The molecule has 0 saturated carbocycles. The zero-order valence-corrected chi connectivity index (χ0v) is 10.5. The molecule has 0 aromatic heterocycles. The summed E-state index contributed by atoms with van der Waals surface area (Å²) in [5.41, 5.74) is -0.924. The first kappa shape index (κ1) is 15.0. The van der Waals surface area contributed by atoms with Crippen LogP contribution in [-0.2, 0) is 22.1 Å². The number of benzene rings is 1. The molecule has 3 nitrogen and oxygen atoms in total. The van der Waals surface area contributed by atoms with Gasteiger partial charge in [0.25, 0.3) is 0 Å². The van der Waals surface area contributed by atoms with Gasteiger partial charge in [0.05, 0.1) is 30.2 Å². The van der Waals surface area contributed by atoms with Crippen LogP contribution in [0.4, 0.5) is 13.2 Å². The van der Waals surface area contributed by atoms with Crippen LogP contribution >= 0.6 is 0 Å². The third kappa shape index (κ3) is 3.71. The summed E-state index contributed by atoms with van der Waals surface area (Å²) >= 11 is 0. The molecule has 0 heterocycles. The molecule has 6 heteroatoms. The van der Waals surface area contributed by atoms with Crippen LogP contribution < -0.4 is 0 Å². The van der Waals surface area contributed by atoms with Crippen LogP contribution in [0.25, 0.3) is 0 Å². The van der Waals surface area contributed by atoms with E-state index in [0.29, 0.717) is 0 Å². The fourth-order valence-electron chi connectivity index (χ4n) is 1.68. The van der Waals surface area contributed by atoms with Crippen LogP contribution in [0.15, 0.2) is 12.1 Å². The molecule has 0 radical (unpaired) electrons. The molecular weight excluding hydrogens is 259 g/mol. The number of hydrogen-bond acceptors (Lipinski definition) is 3. The molecule has 0 fully saturated rings. The van der Waals surface area contributed by atoms with E-state index in [0.717, 1.165) is 6.07 Å². The van der Waals surface area contributed by atoms with E-state index in [9.17, 15) is 18.0 Å². The van der Waals surface area contributed by atoms with Gasteiger partial charge in [-0.15, -0.1) is 0 Å². The van der Waals surface area contributed by atoms with Gasteiger partial charge < -0.3 is 4.74 Å². The SMILES string of the molecule is CCOC(=O)Cc1cc(C#N)cc(C(F)(F)F)c1C. The van der Waals surface area contributed by atoms with E-state index in [2.05, 4.69) is 0 Å². The third-order valence-corrected chi connectivity index (χ3v) is 2.59. The van der Waals surface area contributed by atoms with E-state index in [1.165, 1.54) is 13.0 Å². The number of hydrogen-bond donors (Lipinski definition) is 0. The number of ether oxygens (including phenoxy) is 1. The molecule has 19 heavy (non-hydrogen) atoms. The quantitative estimate of drug-likeness (QED) is 0.794. The van der Waals surface area contributed by atoms with Crippen molar-refractivity contribution in [2.45, 2.75) is 26.4 Å². The van der Waals surface area contributed by atoms with Crippen molar-refractivity contribution >= 4 is 5.97 Å². The Bertz CT molecular complexity index is 530.